The van der Waals surface area contributed by atoms with E-state index in [4.69, 9.17) is 9.84 Å². The predicted molar refractivity (Wildman–Crippen MR) is 69.9 cm³/mol. The molecular formula is C15H20O3. The van der Waals surface area contributed by atoms with Gasteiger partial charge in [-0.05, 0) is 36.5 Å². The van der Waals surface area contributed by atoms with Crippen LogP contribution in [0.2, 0.25) is 0 Å². The average molecular weight is 248 g/mol. The Balaban J connectivity index is 1.89. The molecule has 0 spiro atoms. The summed E-state index contributed by atoms with van der Waals surface area (Å²) in [7, 11) is 0. The van der Waals surface area contributed by atoms with Gasteiger partial charge in [0.1, 0.15) is 5.75 Å². The summed E-state index contributed by atoms with van der Waals surface area (Å²) in [4.78, 5) is 10.7. The maximum atomic E-state index is 10.7. The van der Waals surface area contributed by atoms with Gasteiger partial charge in [-0.3, -0.25) is 4.79 Å². The van der Waals surface area contributed by atoms with E-state index < -0.39 is 5.97 Å². The number of hydrogen-bond acceptors (Lipinski definition) is 2. The van der Waals surface area contributed by atoms with Crippen LogP contribution in [0, 0.1) is 5.41 Å². The number of ether oxygens (including phenoxy) is 1. The first-order valence-electron chi connectivity index (χ1n) is 6.45. The monoisotopic (exact) mass is 248 g/mol. The molecular weight excluding hydrogens is 228 g/mol. The van der Waals surface area contributed by atoms with Crippen molar-refractivity contribution in [2.24, 2.45) is 5.41 Å². The van der Waals surface area contributed by atoms with Crippen LogP contribution in [-0.4, -0.2) is 17.7 Å². The molecule has 0 amide bonds. The van der Waals surface area contributed by atoms with Crippen molar-refractivity contribution >= 4 is 5.97 Å². The van der Waals surface area contributed by atoms with E-state index in [0.29, 0.717) is 12.5 Å². The van der Waals surface area contributed by atoms with Crippen molar-refractivity contribution in [1.29, 1.82) is 0 Å². The second kappa shape index (κ2) is 5.01. The highest BCUT2D eigenvalue weighted by Gasteiger charge is 2.45. The summed E-state index contributed by atoms with van der Waals surface area (Å²) in [6.07, 6.45) is 2.14. The normalized spacial score (nSPS) is 16.6. The number of carboxylic acid groups (broad SMARTS) is 1. The van der Waals surface area contributed by atoms with E-state index in [2.05, 4.69) is 26.0 Å². The zero-order chi connectivity index (χ0) is 13.2. The van der Waals surface area contributed by atoms with Crippen LogP contribution >= 0.6 is 0 Å². The van der Waals surface area contributed by atoms with Gasteiger partial charge >= 0.3 is 5.97 Å². The second-order valence-electron chi connectivity index (χ2n) is 5.58. The molecule has 98 valence electrons. The molecule has 1 N–H and O–H groups in total. The van der Waals surface area contributed by atoms with Gasteiger partial charge in [0.15, 0.2) is 0 Å². The molecule has 0 heterocycles. The molecule has 0 atom stereocenters. The third kappa shape index (κ3) is 3.25. The molecule has 1 aliphatic rings. The van der Waals surface area contributed by atoms with Crippen molar-refractivity contribution in [1.82, 2.24) is 0 Å². The summed E-state index contributed by atoms with van der Waals surface area (Å²) < 4.78 is 5.71. The van der Waals surface area contributed by atoms with Crippen LogP contribution in [0.1, 0.15) is 44.6 Å². The van der Waals surface area contributed by atoms with Crippen molar-refractivity contribution in [3.63, 3.8) is 0 Å². The molecule has 0 aromatic heterocycles. The first-order valence-corrected chi connectivity index (χ1v) is 6.45. The molecule has 0 aliphatic heterocycles. The minimum atomic E-state index is -0.730. The lowest BCUT2D eigenvalue weighted by Crippen LogP contribution is -2.17. The molecule has 1 saturated carbocycles. The molecule has 0 saturated heterocycles. The Hall–Kier alpha value is -1.51. The van der Waals surface area contributed by atoms with Gasteiger partial charge in [-0.1, -0.05) is 26.0 Å². The van der Waals surface area contributed by atoms with Gasteiger partial charge < -0.3 is 9.84 Å². The maximum Gasteiger partial charge on any atom is 0.304 e. The Labute approximate surface area is 108 Å². The number of aliphatic carboxylic acids is 1. The number of benzene rings is 1. The topological polar surface area (TPSA) is 46.5 Å². The highest BCUT2D eigenvalue weighted by atomic mass is 16.5. The summed E-state index contributed by atoms with van der Waals surface area (Å²) >= 11 is 0. The smallest absolute Gasteiger partial charge is 0.304 e. The van der Waals surface area contributed by atoms with E-state index in [1.807, 2.05) is 12.1 Å². The Morgan fingerprint density at radius 3 is 2.39 bits per heavy atom. The molecule has 2 rings (SSSR count). The van der Waals surface area contributed by atoms with E-state index in [1.165, 1.54) is 5.56 Å². The predicted octanol–water partition coefficient (Wildman–Crippen LogP) is 3.44. The van der Waals surface area contributed by atoms with E-state index in [0.717, 1.165) is 18.6 Å². The van der Waals surface area contributed by atoms with Gasteiger partial charge in [0.2, 0.25) is 0 Å². The second-order valence-corrected chi connectivity index (χ2v) is 5.58. The largest absolute Gasteiger partial charge is 0.493 e. The quantitative estimate of drug-likeness (QED) is 0.838. The van der Waals surface area contributed by atoms with Crippen molar-refractivity contribution in [3.8, 4) is 5.75 Å². The molecule has 3 nitrogen and oxygen atoms in total. The summed E-state index contributed by atoms with van der Waals surface area (Å²) in [6.45, 7) is 4.82. The lowest BCUT2D eigenvalue weighted by molar-refractivity contribution is -0.138. The molecule has 0 unspecified atom stereocenters. The molecule has 1 fully saturated rings. The number of rotatable bonds is 6. The fourth-order valence-corrected chi connectivity index (χ4v) is 2.06. The highest BCUT2D eigenvalue weighted by Crippen LogP contribution is 2.49. The van der Waals surface area contributed by atoms with Crippen molar-refractivity contribution in [2.45, 2.75) is 39.0 Å². The molecule has 3 heteroatoms. The molecule has 0 radical (unpaired) electrons. The van der Waals surface area contributed by atoms with Crippen LogP contribution in [0.25, 0.3) is 0 Å². The van der Waals surface area contributed by atoms with Crippen LogP contribution in [0.15, 0.2) is 24.3 Å². The van der Waals surface area contributed by atoms with Crippen molar-refractivity contribution < 1.29 is 14.6 Å². The van der Waals surface area contributed by atoms with Crippen LogP contribution in [0.4, 0.5) is 0 Å². The minimum absolute atomic E-state index is 0.109. The lowest BCUT2D eigenvalue weighted by Gasteiger charge is -2.14. The highest BCUT2D eigenvalue weighted by molar-refractivity contribution is 5.68. The van der Waals surface area contributed by atoms with Crippen LogP contribution in [0.5, 0.6) is 5.75 Å². The molecule has 1 aromatic carbocycles. The maximum absolute atomic E-state index is 10.7. The average Bonchev–Trinajstić information content (AvgIpc) is 3.06. The zero-order valence-electron chi connectivity index (χ0n) is 11.0. The third-order valence-electron chi connectivity index (χ3n) is 3.58. The van der Waals surface area contributed by atoms with Gasteiger partial charge in [0.25, 0.3) is 0 Å². The van der Waals surface area contributed by atoms with Crippen LogP contribution in [-0.2, 0) is 4.79 Å². The first kappa shape index (κ1) is 12.9. The summed E-state index contributed by atoms with van der Waals surface area (Å²) in [5, 5.41) is 8.83. The number of hydrogen-bond donors (Lipinski definition) is 1. The first-order chi connectivity index (χ1) is 8.51. The third-order valence-corrected chi connectivity index (χ3v) is 3.58. The molecule has 1 aromatic rings. The van der Waals surface area contributed by atoms with Gasteiger partial charge in [0.05, 0.1) is 13.0 Å². The van der Waals surface area contributed by atoms with Crippen LogP contribution < -0.4 is 4.74 Å². The van der Waals surface area contributed by atoms with Crippen molar-refractivity contribution in [3.05, 3.63) is 29.8 Å². The van der Waals surface area contributed by atoms with Crippen molar-refractivity contribution in [2.75, 3.05) is 6.61 Å². The lowest BCUT2D eigenvalue weighted by atomic mass is 10.0. The molecule has 0 bridgehead atoms. The zero-order valence-corrected chi connectivity index (χ0v) is 11.0. The minimum Gasteiger partial charge on any atom is -0.493 e. The number of carbonyl (C=O) groups is 1. The molecule has 1 aliphatic carbocycles. The fourth-order valence-electron chi connectivity index (χ4n) is 2.06. The summed E-state index contributed by atoms with van der Waals surface area (Å²) in [6, 6.07) is 8.06. The summed E-state index contributed by atoms with van der Waals surface area (Å²) in [5.74, 6) is 0.614. The molecule has 18 heavy (non-hydrogen) atoms. The standard InChI is InChI=1S/C15H20O3/c1-11(2)12-3-5-13(6-4-12)18-10-15(7-8-15)9-14(16)17/h3-6,11H,7-10H2,1-2H3,(H,16,17). The Kier molecular flexibility index (Phi) is 3.60. The Bertz CT molecular complexity index is 416. The van der Waals surface area contributed by atoms with E-state index in [-0.39, 0.29) is 11.8 Å². The Morgan fingerprint density at radius 1 is 1.33 bits per heavy atom. The van der Waals surface area contributed by atoms with Crippen LogP contribution in [0.3, 0.4) is 0 Å². The van der Waals surface area contributed by atoms with Gasteiger partial charge in [-0.2, -0.15) is 0 Å². The fraction of sp³-hybridized carbons (Fsp3) is 0.533. The van der Waals surface area contributed by atoms with Gasteiger partial charge in [-0.15, -0.1) is 0 Å². The Morgan fingerprint density at radius 2 is 1.94 bits per heavy atom. The van der Waals surface area contributed by atoms with E-state index in [1.54, 1.807) is 0 Å². The van der Waals surface area contributed by atoms with E-state index >= 15 is 0 Å². The van der Waals surface area contributed by atoms with E-state index in [9.17, 15) is 4.79 Å². The SMILES string of the molecule is CC(C)c1ccc(OCC2(CC(=O)O)CC2)cc1. The van der Waals surface area contributed by atoms with Gasteiger partial charge in [0, 0.05) is 5.41 Å². The summed E-state index contributed by atoms with van der Waals surface area (Å²) in [5.41, 5.74) is 1.18. The number of carboxylic acids is 1. The van der Waals surface area contributed by atoms with Gasteiger partial charge in [-0.25, -0.2) is 0 Å².